The van der Waals surface area contributed by atoms with Crippen molar-refractivity contribution in [2.75, 3.05) is 6.61 Å². The van der Waals surface area contributed by atoms with E-state index in [4.69, 9.17) is 0 Å². The fourth-order valence-corrected chi connectivity index (χ4v) is 3.55. The second-order valence-electron chi connectivity index (χ2n) is 6.99. The predicted molar refractivity (Wildman–Crippen MR) is 100 cm³/mol. The zero-order chi connectivity index (χ0) is 19.6. The minimum atomic E-state index is -0.627. The number of aliphatic hydroxyl groups is 1. The van der Waals surface area contributed by atoms with Gasteiger partial charge >= 0.3 is 6.03 Å². The van der Waals surface area contributed by atoms with Crippen LogP contribution in [-0.4, -0.2) is 40.8 Å². The summed E-state index contributed by atoms with van der Waals surface area (Å²) in [6, 6.07) is 14.6. The average molecular weight is 367 g/mol. The number of hydrogen-bond donors (Lipinski definition) is 2. The minimum absolute atomic E-state index is 0.0507. The third kappa shape index (κ3) is 3.64. The molecular formula is C21H22FN3O2. The van der Waals surface area contributed by atoms with Gasteiger partial charge in [0, 0.05) is 12.0 Å². The summed E-state index contributed by atoms with van der Waals surface area (Å²) in [5, 5.41) is 22.1. The van der Waals surface area contributed by atoms with E-state index in [0.717, 1.165) is 16.7 Å². The van der Waals surface area contributed by atoms with Gasteiger partial charge in [0.15, 0.2) is 0 Å². The number of nitrogens with zero attached hydrogens (tertiary/aromatic N) is 2. The Morgan fingerprint density at radius 1 is 1.19 bits per heavy atom. The summed E-state index contributed by atoms with van der Waals surface area (Å²) < 4.78 is 13.1. The fourth-order valence-electron chi connectivity index (χ4n) is 3.55. The normalized spacial score (nSPS) is 21.5. The van der Waals surface area contributed by atoms with Gasteiger partial charge in [0.05, 0.1) is 18.7 Å². The van der Waals surface area contributed by atoms with E-state index < -0.39 is 12.1 Å². The number of hydrogen-bond acceptors (Lipinski definition) is 3. The molecule has 2 aromatic carbocycles. The van der Waals surface area contributed by atoms with Gasteiger partial charge < -0.3 is 15.3 Å². The monoisotopic (exact) mass is 367 g/mol. The van der Waals surface area contributed by atoms with E-state index in [-0.39, 0.29) is 30.4 Å². The number of carbonyl (C=O) groups excluding carboxylic acids is 1. The molecule has 1 saturated heterocycles. The molecule has 2 aromatic rings. The molecule has 0 spiro atoms. The summed E-state index contributed by atoms with van der Waals surface area (Å²) in [5.41, 5.74) is 2.71. The summed E-state index contributed by atoms with van der Waals surface area (Å²) in [5.74, 6) is -0.535. The van der Waals surface area contributed by atoms with Crippen LogP contribution < -0.4 is 5.32 Å². The van der Waals surface area contributed by atoms with Crippen LogP contribution in [0.15, 0.2) is 48.5 Å². The van der Waals surface area contributed by atoms with Crippen LogP contribution in [0.3, 0.4) is 0 Å². The molecule has 2 amide bonds. The van der Waals surface area contributed by atoms with Crippen molar-refractivity contribution >= 4 is 6.03 Å². The highest BCUT2D eigenvalue weighted by Crippen LogP contribution is 2.40. The number of rotatable bonds is 4. The zero-order valence-electron chi connectivity index (χ0n) is 15.3. The van der Waals surface area contributed by atoms with Crippen molar-refractivity contribution in [1.82, 2.24) is 10.2 Å². The number of halogens is 1. The molecule has 1 fully saturated rings. The summed E-state index contributed by atoms with van der Waals surface area (Å²) in [7, 11) is 0. The molecule has 27 heavy (non-hydrogen) atoms. The van der Waals surface area contributed by atoms with Crippen molar-refractivity contribution in [3.05, 3.63) is 59.9 Å². The van der Waals surface area contributed by atoms with E-state index in [9.17, 15) is 19.6 Å². The molecule has 0 bridgehead atoms. The van der Waals surface area contributed by atoms with Crippen LogP contribution in [0.2, 0.25) is 0 Å². The first-order valence-corrected chi connectivity index (χ1v) is 8.91. The van der Waals surface area contributed by atoms with E-state index >= 15 is 0 Å². The van der Waals surface area contributed by atoms with Crippen molar-refractivity contribution in [3.8, 4) is 17.2 Å². The molecule has 0 radical (unpaired) electrons. The van der Waals surface area contributed by atoms with Crippen molar-refractivity contribution in [2.24, 2.45) is 0 Å². The number of carbonyl (C=O) groups is 1. The number of urea groups is 1. The lowest BCUT2D eigenvalue weighted by molar-refractivity contribution is 0.0162. The van der Waals surface area contributed by atoms with Gasteiger partial charge in [0.25, 0.3) is 0 Å². The lowest BCUT2D eigenvalue weighted by Gasteiger charge is -2.51. The van der Waals surface area contributed by atoms with Crippen LogP contribution in [-0.2, 0) is 0 Å². The Morgan fingerprint density at radius 2 is 1.74 bits per heavy atom. The van der Waals surface area contributed by atoms with Gasteiger partial charge in [-0.15, -0.1) is 0 Å². The smallest absolute Gasteiger partial charge is 0.319 e. The largest absolute Gasteiger partial charge is 0.394 e. The SMILES string of the molecule is CC(C)NC(=O)N1[C@H](C#N)[C@H](c2ccc(-c3ccc(F)cc3)cc2)[C@H]1CO. The Bertz CT molecular complexity index is 843. The second-order valence-corrected chi connectivity index (χ2v) is 6.99. The van der Waals surface area contributed by atoms with Crippen LogP contribution in [0.5, 0.6) is 0 Å². The van der Waals surface area contributed by atoms with Crippen LogP contribution in [0.1, 0.15) is 25.3 Å². The van der Waals surface area contributed by atoms with Gasteiger partial charge in [-0.3, -0.25) is 0 Å². The van der Waals surface area contributed by atoms with Crippen molar-refractivity contribution < 1.29 is 14.3 Å². The topological polar surface area (TPSA) is 76.4 Å². The second kappa shape index (κ2) is 7.77. The maximum atomic E-state index is 13.1. The highest BCUT2D eigenvalue weighted by atomic mass is 19.1. The molecular weight excluding hydrogens is 345 g/mol. The molecule has 3 rings (SSSR count). The van der Waals surface area contributed by atoms with Gasteiger partial charge in [0.2, 0.25) is 0 Å². The molecule has 1 aliphatic rings. The summed E-state index contributed by atoms with van der Waals surface area (Å²) in [4.78, 5) is 13.8. The Kier molecular flexibility index (Phi) is 5.43. The molecule has 0 unspecified atom stereocenters. The lowest BCUT2D eigenvalue weighted by atomic mass is 9.75. The molecule has 1 heterocycles. The molecule has 0 aromatic heterocycles. The molecule has 3 atom stereocenters. The van der Waals surface area contributed by atoms with Gasteiger partial charge in [-0.25, -0.2) is 9.18 Å². The highest BCUT2D eigenvalue weighted by Gasteiger charge is 2.51. The lowest BCUT2D eigenvalue weighted by Crippen LogP contribution is -2.67. The van der Waals surface area contributed by atoms with E-state index in [1.54, 1.807) is 12.1 Å². The number of aliphatic hydroxyl groups excluding tert-OH is 1. The first-order valence-electron chi connectivity index (χ1n) is 8.91. The standard InChI is InChI=1S/C21H22FN3O2/c1-13(2)24-21(27)25-18(11-23)20(19(25)12-26)16-5-3-14(4-6-16)15-7-9-17(22)10-8-15/h3-10,13,18-20,26H,12H2,1-2H3,(H,24,27)/t18-,19-,20+/m1/s1. The number of nitriles is 1. The Balaban J connectivity index is 1.82. The van der Waals surface area contributed by atoms with Gasteiger partial charge in [0.1, 0.15) is 11.9 Å². The zero-order valence-corrected chi connectivity index (χ0v) is 15.3. The highest BCUT2D eigenvalue weighted by molar-refractivity contribution is 5.77. The summed E-state index contributed by atoms with van der Waals surface area (Å²) in [6.45, 7) is 3.48. The minimum Gasteiger partial charge on any atom is -0.394 e. The fraction of sp³-hybridized carbons (Fsp3) is 0.333. The Morgan fingerprint density at radius 3 is 2.22 bits per heavy atom. The first kappa shape index (κ1) is 18.9. The summed E-state index contributed by atoms with van der Waals surface area (Å²) in [6.07, 6.45) is 0. The van der Waals surface area contributed by atoms with Gasteiger partial charge in [-0.05, 0) is 42.7 Å². The number of benzene rings is 2. The average Bonchev–Trinajstić information content (AvgIpc) is 2.62. The van der Waals surface area contributed by atoms with Crippen LogP contribution in [0, 0.1) is 17.1 Å². The molecule has 2 N–H and O–H groups in total. The quantitative estimate of drug-likeness (QED) is 0.871. The maximum Gasteiger partial charge on any atom is 0.319 e. The first-order chi connectivity index (χ1) is 13.0. The number of nitrogens with one attached hydrogen (secondary N) is 1. The summed E-state index contributed by atoms with van der Waals surface area (Å²) >= 11 is 0. The van der Waals surface area contributed by atoms with E-state index in [2.05, 4.69) is 11.4 Å². The van der Waals surface area contributed by atoms with E-state index in [0.29, 0.717) is 0 Å². The molecule has 5 nitrogen and oxygen atoms in total. The van der Waals surface area contributed by atoms with Crippen LogP contribution in [0.4, 0.5) is 9.18 Å². The van der Waals surface area contributed by atoms with E-state index in [1.807, 2.05) is 38.1 Å². The Labute approximate surface area is 158 Å². The number of amides is 2. The molecule has 140 valence electrons. The third-order valence-electron chi connectivity index (χ3n) is 4.85. The van der Waals surface area contributed by atoms with Crippen molar-refractivity contribution in [3.63, 3.8) is 0 Å². The van der Waals surface area contributed by atoms with Gasteiger partial charge in [-0.2, -0.15) is 5.26 Å². The Hall–Kier alpha value is -2.91. The van der Waals surface area contributed by atoms with Crippen molar-refractivity contribution in [1.29, 1.82) is 5.26 Å². The van der Waals surface area contributed by atoms with E-state index in [1.165, 1.54) is 17.0 Å². The molecule has 0 saturated carbocycles. The maximum absolute atomic E-state index is 13.1. The third-order valence-corrected chi connectivity index (χ3v) is 4.85. The molecule has 0 aliphatic carbocycles. The van der Waals surface area contributed by atoms with Crippen molar-refractivity contribution in [2.45, 2.75) is 37.9 Å². The van der Waals surface area contributed by atoms with Gasteiger partial charge in [-0.1, -0.05) is 36.4 Å². The molecule has 1 aliphatic heterocycles. The predicted octanol–water partition coefficient (Wildman–Crippen LogP) is 3.26. The van der Waals surface area contributed by atoms with Crippen LogP contribution in [0.25, 0.3) is 11.1 Å². The number of likely N-dealkylation sites (tertiary alicyclic amines) is 1. The van der Waals surface area contributed by atoms with Crippen LogP contribution >= 0.6 is 0 Å². The molecule has 6 heteroatoms.